The predicted octanol–water partition coefficient (Wildman–Crippen LogP) is 6.34. The van der Waals surface area contributed by atoms with Gasteiger partial charge >= 0.3 is 0 Å². The van der Waals surface area contributed by atoms with Gasteiger partial charge < -0.3 is 26.4 Å². The SMILES string of the molecule is CNc1ccc(NC(=O)c2cccc(C(=O)Nc3ccc(NC(=O)c4ccc5cc(O)ccc5c4)cc3)c2)cc1. The Balaban J connectivity index is 1.20. The molecule has 0 radical (unpaired) electrons. The fraction of sp³-hybridized carbons (Fsp3) is 0.0312. The molecule has 5 aromatic carbocycles. The Bertz CT molecular complexity index is 1710. The van der Waals surface area contributed by atoms with Gasteiger partial charge in [-0.15, -0.1) is 0 Å². The smallest absolute Gasteiger partial charge is 0.255 e. The van der Waals surface area contributed by atoms with Gasteiger partial charge in [-0.2, -0.15) is 0 Å². The van der Waals surface area contributed by atoms with Crippen LogP contribution in [0.4, 0.5) is 22.7 Å². The van der Waals surface area contributed by atoms with Crippen LogP contribution in [0.25, 0.3) is 10.8 Å². The van der Waals surface area contributed by atoms with Gasteiger partial charge in [0.05, 0.1) is 0 Å². The van der Waals surface area contributed by atoms with Crippen molar-refractivity contribution >= 4 is 51.2 Å². The minimum Gasteiger partial charge on any atom is -0.508 e. The van der Waals surface area contributed by atoms with Crippen molar-refractivity contribution in [3.63, 3.8) is 0 Å². The first kappa shape index (κ1) is 26.0. The lowest BCUT2D eigenvalue weighted by molar-refractivity contribution is 0.101. The quantitative estimate of drug-likeness (QED) is 0.168. The largest absolute Gasteiger partial charge is 0.508 e. The maximum Gasteiger partial charge on any atom is 0.255 e. The standard InChI is InChI=1S/C32H26N4O4/c1-33-25-8-10-26(11-9-25)34-30(38)22-3-2-4-23(18-22)31(39)35-27-12-14-28(15-13-27)36-32(40)24-6-5-21-19-29(37)16-7-20(21)17-24/h2-19,33,37H,1H3,(H,34,38)(H,35,39)(H,36,40). The number of amides is 3. The third-order valence-corrected chi connectivity index (χ3v) is 6.31. The van der Waals surface area contributed by atoms with E-state index in [1.54, 1.807) is 91.0 Å². The third kappa shape index (κ3) is 6.08. The number of anilines is 4. The second-order valence-corrected chi connectivity index (χ2v) is 9.09. The Morgan fingerprint density at radius 1 is 0.500 bits per heavy atom. The average molecular weight is 531 g/mol. The van der Waals surface area contributed by atoms with Gasteiger partial charge in [0.25, 0.3) is 17.7 Å². The summed E-state index contributed by atoms with van der Waals surface area (Å²) in [5.41, 5.74) is 3.85. The van der Waals surface area contributed by atoms with Gasteiger partial charge in [-0.1, -0.05) is 18.2 Å². The monoisotopic (exact) mass is 530 g/mol. The molecule has 0 saturated heterocycles. The van der Waals surface area contributed by atoms with E-state index in [1.807, 2.05) is 19.2 Å². The second kappa shape index (κ2) is 11.4. The van der Waals surface area contributed by atoms with Crippen LogP contribution in [0, 0.1) is 0 Å². The van der Waals surface area contributed by atoms with Gasteiger partial charge in [0.1, 0.15) is 5.75 Å². The molecule has 198 valence electrons. The van der Waals surface area contributed by atoms with Gasteiger partial charge in [0.15, 0.2) is 0 Å². The number of phenols is 1. The van der Waals surface area contributed by atoms with E-state index in [0.717, 1.165) is 16.5 Å². The fourth-order valence-corrected chi connectivity index (χ4v) is 4.14. The highest BCUT2D eigenvalue weighted by Gasteiger charge is 2.12. The van der Waals surface area contributed by atoms with E-state index in [-0.39, 0.29) is 23.5 Å². The molecule has 0 spiro atoms. The lowest BCUT2D eigenvalue weighted by Gasteiger charge is -2.10. The average Bonchev–Trinajstić information content (AvgIpc) is 2.98. The van der Waals surface area contributed by atoms with Crippen molar-refractivity contribution in [2.75, 3.05) is 28.3 Å². The Morgan fingerprint density at radius 2 is 0.925 bits per heavy atom. The highest BCUT2D eigenvalue weighted by molar-refractivity contribution is 6.09. The van der Waals surface area contributed by atoms with Crippen LogP contribution >= 0.6 is 0 Å². The Hall–Kier alpha value is -5.63. The molecular weight excluding hydrogens is 504 g/mol. The molecule has 8 heteroatoms. The van der Waals surface area contributed by atoms with Crippen molar-refractivity contribution in [3.05, 3.63) is 126 Å². The predicted molar refractivity (Wildman–Crippen MR) is 158 cm³/mol. The summed E-state index contributed by atoms with van der Waals surface area (Å²) in [4.78, 5) is 38.3. The molecule has 40 heavy (non-hydrogen) atoms. The van der Waals surface area contributed by atoms with Gasteiger partial charge in [0, 0.05) is 46.5 Å². The molecule has 5 rings (SSSR count). The zero-order valence-corrected chi connectivity index (χ0v) is 21.6. The van der Waals surface area contributed by atoms with Gasteiger partial charge in [-0.05, 0) is 102 Å². The van der Waals surface area contributed by atoms with Crippen molar-refractivity contribution in [1.29, 1.82) is 0 Å². The zero-order chi connectivity index (χ0) is 28.1. The molecule has 0 aliphatic rings. The van der Waals surface area contributed by atoms with Crippen LogP contribution in [0.15, 0.2) is 109 Å². The maximum absolute atomic E-state index is 12.9. The molecule has 0 unspecified atom stereocenters. The van der Waals surface area contributed by atoms with E-state index in [9.17, 15) is 19.5 Å². The normalized spacial score (nSPS) is 10.5. The Labute approximate surface area is 230 Å². The molecule has 3 amide bonds. The van der Waals surface area contributed by atoms with Crippen LogP contribution in [0.1, 0.15) is 31.1 Å². The molecule has 0 aliphatic heterocycles. The van der Waals surface area contributed by atoms with Crippen LogP contribution in [-0.4, -0.2) is 29.9 Å². The first-order chi connectivity index (χ1) is 19.4. The number of fused-ring (bicyclic) bond motifs is 1. The third-order valence-electron chi connectivity index (χ3n) is 6.31. The maximum atomic E-state index is 12.9. The molecule has 5 N–H and O–H groups in total. The zero-order valence-electron chi connectivity index (χ0n) is 21.6. The minimum atomic E-state index is -0.369. The van der Waals surface area contributed by atoms with E-state index < -0.39 is 0 Å². The molecule has 0 atom stereocenters. The molecule has 0 aromatic heterocycles. The number of phenolic OH excluding ortho intramolecular Hbond substituents is 1. The second-order valence-electron chi connectivity index (χ2n) is 9.09. The molecule has 0 saturated carbocycles. The van der Waals surface area contributed by atoms with E-state index in [1.165, 1.54) is 6.07 Å². The first-order valence-electron chi connectivity index (χ1n) is 12.5. The Morgan fingerprint density at radius 3 is 1.43 bits per heavy atom. The fourth-order valence-electron chi connectivity index (χ4n) is 4.14. The molecular formula is C32H26N4O4. The van der Waals surface area contributed by atoms with Crippen LogP contribution in [0.5, 0.6) is 5.75 Å². The summed E-state index contributed by atoms with van der Waals surface area (Å²) >= 11 is 0. The summed E-state index contributed by atoms with van der Waals surface area (Å²) in [6.07, 6.45) is 0. The van der Waals surface area contributed by atoms with E-state index in [4.69, 9.17) is 0 Å². The first-order valence-corrected chi connectivity index (χ1v) is 12.5. The highest BCUT2D eigenvalue weighted by Crippen LogP contribution is 2.22. The lowest BCUT2D eigenvalue weighted by Crippen LogP contribution is -2.15. The number of hydrogen-bond acceptors (Lipinski definition) is 5. The summed E-state index contributed by atoms with van der Waals surface area (Å²) in [7, 11) is 1.82. The summed E-state index contributed by atoms with van der Waals surface area (Å²) in [5, 5.41) is 22.8. The number of nitrogens with one attached hydrogen (secondary N) is 4. The van der Waals surface area contributed by atoms with Crippen molar-refractivity contribution < 1.29 is 19.5 Å². The van der Waals surface area contributed by atoms with Gasteiger partial charge in [-0.25, -0.2) is 0 Å². The van der Waals surface area contributed by atoms with Crippen LogP contribution in [-0.2, 0) is 0 Å². The molecule has 0 aliphatic carbocycles. The van der Waals surface area contributed by atoms with Gasteiger partial charge in [-0.3, -0.25) is 14.4 Å². The molecule has 0 heterocycles. The topological polar surface area (TPSA) is 120 Å². The van der Waals surface area contributed by atoms with Crippen molar-refractivity contribution in [2.24, 2.45) is 0 Å². The van der Waals surface area contributed by atoms with Crippen molar-refractivity contribution in [2.45, 2.75) is 0 Å². The number of hydrogen-bond donors (Lipinski definition) is 5. The number of aromatic hydroxyl groups is 1. The molecule has 0 fully saturated rings. The number of benzene rings is 5. The summed E-state index contributed by atoms with van der Waals surface area (Å²) < 4.78 is 0. The number of rotatable bonds is 7. The number of carbonyl (C=O) groups is 3. The summed E-state index contributed by atoms with van der Waals surface area (Å²) in [6, 6.07) is 30.7. The van der Waals surface area contributed by atoms with E-state index in [0.29, 0.717) is 33.8 Å². The molecule has 0 bridgehead atoms. The molecule has 8 nitrogen and oxygen atoms in total. The lowest BCUT2D eigenvalue weighted by atomic mass is 10.1. The molecule has 5 aromatic rings. The number of carbonyl (C=O) groups excluding carboxylic acids is 3. The van der Waals surface area contributed by atoms with Crippen LogP contribution < -0.4 is 21.3 Å². The van der Waals surface area contributed by atoms with Crippen molar-refractivity contribution in [1.82, 2.24) is 0 Å². The van der Waals surface area contributed by atoms with Crippen molar-refractivity contribution in [3.8, 4) is 5.75 Å². The van der Waals surface area contributed by atoms with Crippen LogP contribution in [0.2, 0.25) is 0 Å². The minimum absolute atomic E-state index is 0.168. The van der Waals surface area contributed by atoms with Crippen LogP contribution in [0.3, 0.4) is 0 Å². The highest BCUT2D eigenvalue weighted by atomic mass is 16.3. The van der Waals surface area contributed by atoms with E-state index >= 15 is 0 Å². The summed E-state index contributed by atoms with van der Waals surface area (Å²) in [5.74, 6) is -0.801. The van der Waals surface area contributed by atoms with Gasteiger partial charge in [0.2, 0.25) is 0 Å². The van der Waals surface area contributed by atoms with E-state index in [2.05, 4.69) is 21.3 Å². The Kier molecular flexibility index (Phi) is 7.41. The summed E-state index contributed by atoms with van der Waals surface area (Å²) in [6.45, 7) is 0.